The van der Waals surface area contributed by atoms with Crippen molar-refractivity contribution in [2.75, 3.05) is 7.05 Å². The molecule has 2 N–H and O–H groups in total. The molecule has 1 aromatic heterocycles. The molecular formula is C32H35ClN4O2. The number of hydrogen-bond donors (Lipinski definition) is 2. The van der Waals surface area contributed by atoms with Gasteiger partial charge in [-0.1, -0.05) is 43.6 Å². The number of benzene rings is 3. The molecule has 2 fully saturated rings. The van der Waals surface area contributed by atoms with E-state index in [2.05, 4.69) is 41.3 Å². The number of carbonyl (C=O) groups is 1. The van der Waals surface area contributed by atoms with E-state index in [9.17, 15) is 4.79 Å². The molecule has 0 spiro atoms. The highest BCUT2D eigenvalue weighted by Gasteiger charge is 2.39. The Hall–Kier alpha value is -3.35. The van der Waals surface area contributed by atoms with E-state index in [4.69, 9.17) is 16.3 Å². The number of hydrogen-bond acceptors (Lipinski definition) is 4. The number of piperidine rings is 1. The van der Waals surface area contributed by atoms with Crippen molar-refractivity contribution in [3.63, 3.8) is 0 Å². The van der Waals surface area contributed by atoms with Gasteiger partial charge in [-0.3, -0.25) is 9.89 Å². The summed E-state index contributed by atoms with van der Waals surface area (Å²) < 4.78 is 6.38. The van der Waals surface area contributed by atoms with Gasteiger partial charge in [0.15, 0.2) is 0 Å². The molecule has 0 radical (unpaired) electrons. The van der Waals surface area contributed by atoms with Crippen LogP contribution in [0.15, 0.2) is 66.7 Å². The molecule has 7 heteroatoms. The third kappa shape index (κ3) is 5.15. The number of aromatic nitrogens is 2. The van der Waals surface area contributed by atoms with Gasteiger partial charge in [0, 0.05) is 33.6 Å². The maximum absolute atomic E-state index is 13.4. The zero-order valence-corrected chi connectivity index (χ0v) is 23.4. The van der Waals surface area contributed by atoms with E-state index in [1.807, 2.05) is 66.7 Å². The number of nitrogens with zero attached hydrogens (tertiary/aromatic N) is 2. The van der Waals surface area contributed by atoms with E-state index in [1.165, 1.54) is 12.8 Å². The van der Waals surface area contributed by atoms with E-state index in [0.29, 0.717) is 22.7 Å². The third-order valence-corrected chi connectivity index (χ3v) is 8.85. The molecule has 2 aliphatic heterocycles. The highest BCUT2D eigenvalue weighted by molar-refractivity contribution is 6.31. The lowest BCUT2D eigenvalue weighted by molar-refractivity contribution is 0.0662. The number of carbonyl (C=O) groups excluding carboxylic acids is 1. The number of ether oxygens (including phenoxy) is 1. The Kier molecular flexibility index (Phi) is 7.08. The number of amides is 1. The predicted molar refractivity (Wildman–Crippen MR) is 156 cm³/mol. The quantitative estimate of drug-likeness (QED) is 0.263. The van der Waals surface area contributed by atoms with Gasteiger partial charge in [0.05, 0.1) is 17.3 Å². The molecule has 39 heavy (non-hydrogen) atoms. The zero-order valence-electron chi connectivity index (χ0n) is 22.7. The number of halogens is 1. The summed E-state index contributed by atoms with van der Waals surface area (Å²) in [7, 11) is 2.25. The van der Waals surface area contributed by atoms with Gasteiger partial charge >= 0.3 is 0 Å². The average molecular weight is 543 g/mol. The average Bonchev–Trinajstić information content (AvgIpc) is 3.43. The largest absolute Gasteiger partial charge is 0.490 e. The maximum Gasteiger partial charge on any atom is 0.251 e. The van der Waals surface area contributed by atoms with Crippen molar-refractivity contribution in [3.8, 4) is 17.0 Å². The Morgan fingerprint density at radius 1 is 1.05 bits per heavy atom. The second-order valence-corrected chi connectivity index (χ2v) is 11.7. The summed E-state index contributed by atoms with van der Waals surface area (Å²) in [4.78, 5) is 15.9. The number of rotatable bonds is 7. The van der Waals surface area contributed by atoms with Crippen LogP contribution in [0.25, 0.3) is 22.2 Å². The Morgan fingerprint density at radius 2 is 1.77 bits per heavy atom. The molecule has 6 nitrogen and oxygen atoms in total. The van der Waals surface area contributed by atoms with Crippen LogP contribution in [0.1, 0.15) is 61.5 Å². The van der Waals surface area contributed by atoms with Crippen LogP contribution >= 0.6 is 11.6 Å². The summed E-state index contributed by atoms with van der Waals surface area (Å²) in [6, 6.07) is 22.6. The van der Waals surface area contributed by atoms with Crippen molar-refractivity contribution < 1.29 is 9.53 Å². The predicted octanol–water partition coefficient (Wildman–Crippen LogP) is 7.01. The van der Waals surface area contributed by atoms with Gasteiger partial charge in [0.25, 0.3) is 5.91 Å². The van der Waals surface area contributed by atoms with Gasteiger partial charge in [0.2, 0.25) is 0 Å². The minimum absolute atomic E-state index is 0.140. The molecule has 1 amide bonds. The third-order valence-electron chi connectivity index (χ3n) is 8.50. The van der Waals surface area contributed by atoms with E-state index in [1.54, 1.807) is 0 Å². The summed E-state index contributed by atoms with van der Waals surface area (Å²) >= 11 is 6.46. The van der Waals surface area contributed by atoms with Crippen molar-refractivity contribution in [2.45, 2.75) is 63.8 Å². The first-order valence-corrected chi connectivity index (χ1v) is 14.3. The molecule has 202 valence electrons. The summed E-state index contributed by atoms with van der Waals surface area (Å²) in [6.07, 6.45) is 5.03. The monoisotopic (exact) mass is 542 g/mol. The van der Waals surface area contributed by atoms with Gasteiger partial charge in [-0.15, -0.1) is 0 Å². The second-order valence-electron chi connectivity index (χ2n) is 11.3. The second kappa shape index (κ2) is 10.7. The summed E-state index contributed by atoms with van der Waals surface area (Å²) in [5.41, 5.74) is 4.18. The number of nitrogens with one attached hydrogen (secondary N) is 2. The van der Waals surface area contributed by atoms with Crippen molar-refractivity contribution in [3.05, 3.63) is 82.9 Å². The molecule has 0 saturated carbocycles. The number of fused-ring (bicyclic) bond motifs is 3. The first-order valence-electron chi connectivity index (χ1n) is 13.9. The Labute approximate surface area is 234 Å². The van der Waals surface area contributed by atoms with Crippen LogP contribution in [0.4, 0.5) is 0 Å². The van der Waals surface area contributed by atoms with Crippen molar-refractivity contribution in [1.82, 2.24) is 20.4 Å². The molecule has 4 atom stereocenters. The normalized spacial score (nSPS) is 21.8. The molecule has 2 aliphatic rings. The highest BCUT2D eigenvalue weighted by atomic mass is 35.5. The van der Waals surface area contributed by atoms with E-state index < -0.39 is 0 Å². The van der Waals surface area contributed by atoms with Crippen molar-refractivity contribution >= 4 is 28.4 Å². The lowest BCUT2D eigenvalue weighted by Gasteiger charge is -2.36. The summed E-state index contributed by atoms with van der Waals surface area (Å²) in [5, 5.41) is 12.4. The minimum Gasteiger partial charge on any atom is -0.490 e. The molecule has 1 unspecified atom stereocenters. The summed E-state index contributed by atoms with van der Waals surface area (Å²) in [5.74, 6) is 0.929. The van der Waals surface area contributed by atoms with Gasteiger partial charge < -0.3 is 15.0 Å². The van der Waals surface area contributed by atoms with Crippen molar-refractivity contribution in [2.24, 2.45) is 5.92 Å². The number of H-pyrrole nitrogens is 1. The fraction of sp³-hybridized carbons (Fsp3) is 0.375. The highest BCUT2D eigenvalue weighted by Crippen LogP contribution is 2.36. The standard InChI is InChI=1S/C32H35ClN4O2/c1-19(2)30(26-6-4-5-7-28(26)33)34-32(38)21-10-15-29-27(16-21)31(36-35-29)20-8-13-24(14-9-20)39-25-17-22-11-12-23(18-25)37(22)3/h4-10,13-16,19,22-23,25,30H,11-12,17-18H2,1-3H3,(H,34,38)(H,35,36)/t22-,23+,25+,30?. The molecule has 2 bridgehead atoms. The van der Waals surface area contributed by atoms with Crippen LogP contribution < -0.4 is 10.1 Å². The van der Waals surface area contributed by atoms with Crippen LogP contribution in [0.3, 0.4) is 0 Å². The Bertz CT molecular complexity index is 1470. The lowest BCUT2D eigenvalue weighted by atomic mass is 9.95. The molecule has 0 aliphatic carbocycles. The van der Waals surface area contributed by atoms with Gasteiger partial charge in [0.1, 0.15) is 11.9 Å². The summed E-state index contributed by atoms with van der Waals surface area (Å²) in [6.45, 7) is 4.16. The number of aromatic amines is 1. The Balaban J connectivity index is 1.20. The van der Waals surface area contributed by atoms with Crippen LogP contribution in [0, 0.1) is 5.92 Å². The maximum atomic E-state index is 13.4. The van der Waals surface area contributed by atoms with E-state index in [-0.39, 0.29) is 24.0 Å². The first-order chi connectivity index (χ1) is 18.9. The molecule has 6 rings (SSSR count). The molecule has 4 aromatic rings. The van der Waals surface area contributed by atoms with Gasteiger partial charge in [-0.25, -0.2) is 0 Å². The van der Waals surface area contributed by atoms with Crippen LogP contribution in [-0.2, 0) is 0 Å². The lowest BCUT2D eigenvalue weighted by Crippen LogP contribution is -2.43. The van der Waals surface area contributed by atoms with Gasteiger partial charge in [-0.05, 0) is 92.7 Å². The van der Waals surface area contributed by atoms with E-state index in [0.717, 1.165) is 46.3 Å². The van der Waals surface area contributed by atoms with Crippen LogP contribution in [-0.4, -0.2) is 46.2 Å². The molecular weight excluding hydrogens is 508 g/mol. The molecule has 3 aromatic carbocycles. The Morgan fingerprint density at radius 3 is 2.46 bits per heavy atom. The van der Waals surface area contributed by atoms with Crippen molar-refractivity contribution in [1.29, 1.82) is 0 Å². The smallest absolute Gasteiger partial charge is 0.251 e. The fourth-order valence-electron chi connectivity index (χ4n) is 6.27. The van der Waals surface area contributed by atoms with Crippen LogP contribution in [0.2, 0.25) is 5.02 Å². The van der Waals surface area contributed by atoms with Crippen LogP contribution in [0.5, 0.6) is 5.75 Å². The SMILES string of the molecule is CC(C)C(NC(=O)c1ccc2[nH]nc(-c3ccc(O[C@H]4C[C@H]5CC[C@@H](C4)N5C)cc3)c2c1)c1ccccc1Cl. The topological polar surface area (TPSA) is 70.2 Å². The first kappa shape index (κ1) is 25.9. The fourth-order valence-corrected chi connectivity index (χ4v) is 6.53. The zero-order chi connectivity index (χ0) is 27.1. The molecule has 3 heterocycles. The molecule has 2 saturated heterocycles. The van der Waals surface area contributed by atoms with E-state index >= 15 is 0 Å². The van der Waals surface area contributed by atoms with Gasteiger partial charge in [-0.2, -0.15) is 5.10 Å². The minimum atomic E-state index is -0.196.